The van der Waals surface area contributed by atoms with Gasteiger partial charge in [0.15, 0.2) is 11.5 Å². The lowest BCUT2D eigenvalue weighted by molar-refractivity contribution is -0.385. The SMILES string of the molecule is COc1cc([N+](=O)[O-])cc(/C=C2/SC(=O)N(C(C)C)C2=O)c1O. The average molecular weight is 338 g/mol. The van der Waals surface area contributed by atoms with Gasteiger partial charge in [0.25, 0.3) is 16.8 Å². The second-order valence-corrected chi connectivity index (χ2v) is 5.98. The topological polar surface area (TPSA) is 110 Å². The molecule has 8 nitrogen and oxygen atoms in total. The highest BCUT2D eigenvalue weighted by Gasteiger charge is 2.37. The molecule has 0 saturated carbocycles. The fourth-order valence-corrected chi connectivity index (χ4v) is 3.00. The van der Waals surface area contributed by atoms with Crippen molar-refractivity contribution in [2.75, 3.05) is 7.11 Å². The van der Waals surface area contributed by atoms with E-state index in [4.69, 9.17) is 4.74 Å². The molecular weight excluding hydrogens is 324 g/mol. The minimum atomic E-state index is -0.640. The summed E-state index contributed by atoms with van der Waals surface area (Å²) in [5.74, 6) is -0.928. The van der Waals surface area contributed by atoms with E-state index in [0.29, 0.717) is 0 Å². The Kier molecular flexibility index (Phi) is 4.60. The Labute approximate surface area is 135 Å². The van der Waals surface area contributed by atoms with Crippen molar-refractivity contribution in [2.45, 2.75) is 19.9 Å². The van der Waals surface area contributed by atoms with Gasteiger partial charge in [-0.2, -0.15) is 0 Å². The molecule has 0 aliphatic carbocycles. The zero-order valence-corrected chi connectivity index (χ0v) is 13.4. The summed E-state index contributed by atoms with van der Waals surface area (Å²) in [6.07, 6.45) is 1.25. The van der Waals surface area contributed by atoms with Crippen LogP contribution < -0.4 is 4.74 Å². The van der Waals surface area contributed by atoms with E-state index in [9.17, 15) is 24.8 Å². The summed E-state index contributed by atoms with van der Waals surface area (Å²) in [4.78, 5) is 35.5. The number of hydrogen-bond donors (Lipinski definition) is 1. The van der Waals surface area contributed by atoms with Crippen LogP contribution in [0.5, 0.6) is 11.5 Å². The Morgan fingerprint density at radius 2 is 2.04 bits per heavy atom. The van der Waals surface area contributed by atoms with Gasteiger partial charge in [-0.15, -0.1) is 0 Å². The first kappa shape index (κ1) is 16.8. The number of nitrogens with zero attached hydrogens (tertiary/aromatic N) is 2. The monoisotopic (exact) mass is 338 g/mol. The van der Waals surface area contributed by atoms with E-state index in [1.165, 1.54) is 13.2 Å². The third-order valence-electron chi connectivity index (χ3n) is 3.15. The molecule has 1 aliphatic heterocycles. The number of nitro groups is 1. The number of phenolic OH excluding ortho intramolecular Hbond substituents is 1. The smallest absolute Gasteiger partial charge is 0.293 e. The maximum Gasteiger partial charge on any atom is 0.293 e. The van der Waals surface area contributed by atoms with Crippen molar-refractivity contribution in [3.63, 3.8) is 0 Å². The predicted molar refractivity (Wildman–Crippen MR) is 84.3 cm³/mol. The number of thioether (sulfide) groups is 1. The van der Waals surface area contributed by atoms with Crippen molar-refractivity contribution in [3.8, 4) is 11.5 Å². The predicted octanol–water partition coefficient (Wildman–Crippen LogP) is 2.75. The van der Waals surface area contributed by atoms with Crippen LogP contribution >= 0.6 is 11.8 Å². The van der Waals surface area contributed by atoms with Crippen molar-refractivity contribution >= 4 is 34.7 Å². The summed E-state index contributed by atoms with van der Waals surface area (Å²) in [6, 6.07) is 1.88. The number of ether oxygens (including phenoxy) is 1. The molecule has 1 N–H and O–H groups in total. The molecule has 1 saturated heterocycles. The van der Waals surface area contributed by atoms with Gasteiger partial charge in [0.2, 0.25) is 0 Å². The molecule has 0 atom stereocenters. The van der Waals surface area contributed by atoms with E-state index in [2.05, 4.69) is 0 Å². The molecule has 23 heavy (non-hydrogen) atoms. The summed E-state index contributed by atoms with van der Waals surface area (Å²) >= 11 is 0.718. The molecule has 1 heterocycles. The number of rotatable bonds is 4. The second-order valence-electron chi connectivity index (χ2n) is 4.99. The standard InChI is InChI=1S/C14H14N2O6S/c1-7(2)15-13(18)11(23-14(15)19)5-8-4-9(16(20)21)6-10(22-3)12(8)17/h4-7,17H,1-3H3/b11-5+. The Bertz CT molecular complexity index is 728. The van der Waals surface area contributed by atoms with E-state index in [1.807, 2.05) is 0 Å². The zero-order valence-electron chi connectivity index (χ0n) is 12.6. The van der Waals surface area contributed by atoms with Crippen LogP contribution in [0.1, 0.15) is 19.4 Å². The number of carbonyl (C=O) groups is 2. The molecule has 0 bridgehead atoms. The molecule has 1 aromatic carbocycles. The number of benzene rings is 1. The maximum atomic E-state index is 12.2. The van der Waals surface area contributed by atoms with Gasteiger partial charge in [-0.25, -0.2) is 0 Å². The molecule has 1 fully saturated rings. The summed E-state index contributed by atoms with van der Waals surface area (Å²) in [5.41, 5.74) is -0.265. The summed E-state index contributed by atoms with van der Waals surface area (Å²) < 4.78 is 4.90. The first-order chi connectivity index (χ1) is 10.8. The fraction of sp³-hybridized carbons (Fsp3) is 0.286. The number of non-ortho nitro benzene ring substituents is 1. The van der Waals surface area contributed by atoms with Gasteiger partial charge in [0.05, 0.1) is 23.0 Å². The van der Waals surface area contributed by atoms with Gasteiger partial charge < -0.3 is 9.84 Å². The van der Waals surface area contributed by atoms with Gasteiger partial charge in [-0.05, 0) is 31.7 Å². The molecule has 0 spiro atoms. The highest BCUT2D eigenvalue weighted by Crippen LogP contribution is 2.39. The second kappa shape index (κ2) is 6.29. The van der Waals surface area contributed by atoms with Crippen LogP contribution in [0.3, 0.4) is 0 Å². The number of nitro benzene ring substituents is 1. The Morgan fingerprint density at radius 3 is 2.52 bits per heavy atom. The molecule has 2 rings (SSSR count). The van der Waals surface area contributed by atoms with Crippen LogP contribution in [-0.4, -0.2) is 39.2 Å². The third-order valence-corrected chi connectivity index (χ3v) is 4.03. The van der Waals surface area contributed by atoms with Gasteiger partial charge in [-0.1, -0.05) is 0 Å². The van der Waals surface area contributed by atoms with E-state index in [0.717, 1.165) is 28.8 Å². The number of carbonyl (C=O) groups excluding carboxylic acids is 2. The molecule has 1 aliphatic rings. The van der Waals surface area contributed by atoms with Crippen molar-refractivity contribution in [2.24, 2.45) is 0 Å². The number of imide groups is 1. The molecule has 1 aromatic rings. The maximum absolute atomic E-state index is 12.2. The van der Waals surface area contributed by atoms with E-state index >= 15 is 0 Å². The molecule has 0 radical (unpaired) electrons. The number of aromatic hydroxyl groups is 1. The van der Waals surface area contributed by atoms with E-state index in [-0.39, 0.29) is 33.7 Å². The van der Waals surface area contributed by atoms with Gasteiger partial charge in [-0.3, -0.25) is 24.6 Å². The Hall–Kier alpha value is -2.55. The molecule has 9 heteroatoms. The van der Waals surface area contributed by atoms with Crippen LogP contribution in [-0.2, 0) is 4.79 Å². The summed E-state index contributed by atoms with van der Waals surface area (Å²) in [5, 5.41) is 20.6. The minimum Gasteiger partial charge on any atom is -0.504 e. The van der Waals surface area contributed by atoms with Crippen LogP contribution in [0, 0.1) is 10.1 Å². The van der Waals surface area contributed by atoms with Gasteiger partial charge in [0.1, 0.15) is 0 Å². The Morgan fingerprint density at radius 1 is 1.39 bits per heavy atom. The number of hydrogen-bond acceptors (Lipinski definition) is 7. The lowest BCUT2D eigenvalue weighted by Crippen LogP contribution is -2.34. The van der Waals surface area contributed by atoms with Crippen molar-refractivity contribution in [1.82, 2.24) is 4.90 Å². The average Bonchev–Trinajstić information content (AvgIpc) is 2.75. The van der Waals surface area contributed by atoms with Crippen molar-refractivity contribution in [3.05, 3.63) is 32.7 Å². The van der Waals surface area contributed by atoms with Crippen LogP contribution in [0.15, 0.2) is 17.0 Å². The molecule has 122 valence electrons. The lowest BCUT2D eigenvalue weighted by atomic mass is 10.1. The zero-order chi connectivity index (χ0) is 17.3. The largest absolute Gasteiger partial charge is 0.504 e. The molecular formula is C14H14N2O6S. The van der Waals surface area contributed by atoms with Crippen LogP contribution in [0.25, 0.3) is 6.08 Å². The number of amides is 2. The third kappa shape index (κ3) is 3.14. The highest BCUT2D eigenvalue weighted by molar-refractivity contribution is 8.18. The van der Waals surface area contributed by atoms with E-state index in [1.54, 1.807) is 13.8 Å². The van der Waals surface area contributed by atoms with E-state index < -0.39 is 16.1 Å². The Balaban J connectivity index is 2.51. The first-order valence-corrected chi connectivity index (χ1v) is 7.40. The normalized spacial score (nSPS) is 16.5. The number of phenols is 1. The van der Waals surface area contributed by atoms with Crippen LogP contribution in [0.2, 0.25) is 0 Å². The first-order valence-electron chi connectivity index (χ1n) is 6.58. The minimum absolute atomic E-state index is 0.0327. The lowest BCUT2D eigenvalue weighted by Gasteiger charge is -2.16. The summed E-state index contributed by atoms with van der Waals surface area (Å²) in [7, 11) is 1.26. The van der Waals surface area contributed by atoms with Crippen molar-refractivity contribution in [1.29, 1.82) is 0 Å². The van der Waals surface area contributed by atoms with Gasteiger partial charge >= 0.3 is 0 Å². The van der Waals surface area contributed by atoms with Crippen LogP contribution in [0.4, 0.5) is 10.5 Å². The molecule has 0 aromatic heterocycles. The van der Waals surface area contributed by atoms with Crippen molar-refractivity contribution < 1.29 is 24.4 Å². The quantitative estimate of drug-likeness (QED) is 0.510. The molecule has 0 unspecified atom stereocenters. The summed E-state index contributed by atoms with van der Waals surface area (Å²) in [6.45, 7) is 3.40. The molecule has 2 amide bonds. The highest BCUT2D eigenvalue weighted by atomic mass is 32.2. The fourth-order valence-electron chi connectivity index (χ4n) is 2.05. The number of methoxy groups -OCH3 is 1. The van der Waals surface area contributed by atoms with Gasteiger partial charge in [0, 0.05) is 17.7 Å².